The van der Waals surface area contributed by atoms with Crippen molar-refractivity contribution in [1.29, 1.82) is 5.41 Å². The molecule has 210 valence electrons. The highest BCUT2D eigenvalue weighted by Gasteiger charge is 2.71. The van der Waals surface area contributed by atoms with Crippen LogP contribution in [0.2, 0.25) is 0 Å². The van der Waals surface area contributed by atoms with Crippen molar-refractivity contribution in [3.05, 3.63) is 41.6 Å². The van der Waals surface area contributed by atoms with Gasteiger partial charge in [0.2, 0.25) is 11.8 Å². The Kier molecular flexibility index (Phi) is 6.65. The van der Waals surface area contributed by atoms with Crippen molar-refractivity contribution in [2.24, 2.45) is 11.1 Å². The molecule has 2 saturated carbocycles. The van der Waals surface area contributed by atoms with Gasteiger partial charge >= 0.3 is 6.10 Å². The van der Waals surface area contributed by atoms with E-state index in [2.05, 4.69) is 20.8 Å². The number of ether oxygens (including phenoxy) is 1. The van der Waals surface area contributed by atoms with Gasteiger partial charge in [0.25, 0.3) is 11.8 Å². The lowest BCUT2D eigenvalue weighted by atomic mass is 10.1. The first kappa shape index (κ1) is 27.0. The zero-order valence-electron chi connectivity index (χ0n) is 21.5. The summed E-state index contributed by atoms with van der Waals surface area (Å²) < 4.78 is 5.52. The highest BCUT2D eigenvalue weighted by atomic mass is 16.7. The van der Waals surface area contributed by atoms with Crippen LogP contribution in [-0.2, 0) is 14.4 Å². The largest absolute Gasteiger partial charge is 0.494 e. The van der Waals surface area contributed by atoms with Gasteiger partial charge < -0.3 is 35.5 Å². The van der Waals surface area contributed by atoms with Gasteiger partial charge in [-0.15, -0.1) is 0 Å². The number of nitrogens with one attached hydrogen (secondary N) is 4. The first-order valence-electron chi connectivity index (χ1n) is 12.3. The summed E-state index contributed by atoms with van der Waals surface area (Å²) in [4.78, 5) is 47.6. The number of amidine groups is 1. The minimum Gasteiger partial charge on any atom is -0.494 e. The van der Waals surface area contributed by atoms with Crippen LogP contribution in [0.15, 0.2) is 35.6 Å². The number of hydrogen-bond acceptors (Lipinski definition) is 12. The number of para-hydroxylation sites is 1. The summed E-state index contributed by atoms with van der Waals surface area (Å²) in [6, 6.07) is 6.07. The van der Waals surface area contributed by atoms with Crippen molar-refractivity contribution >= 4 is 46.6 Å². The second kappa shape index (κ2) is 9.86. The number of benzene rings is 1. The van der Waals surface area contributed by atoms with Crippen LogP contribution in [0.25, 0.3) is 0 Å². The third kappa shape index (κ3) is 5.42. The predicted octanol–water partition coefficient (Wildman–Crippen LogP) is 0.550. The van der Waals surface area contributed by atoms with E-state index in [1.54, 1.807) is 23.5 Å². The van der Waals surface area contributed by atoms with E-state index < -0.39 is 12.0 Å². The summed E-state index contributed by atoms with van der Waals surface area (Å²) in [7, 11) is 1.36. The number of aliphatic hydroxyl groups is 3. The molecule has 1 aromatic heterocycles. The number of rotatable bonds is 9. The van der Waals surface area contributed by atoms with E-state index in [0.717, 1.165) is 31.9 Å². The second-order valence-corrected chi connectivity index (χ2v) is 9.70. The zero-order valence-corrected chi connectivity index (χ0v) is 21.5. The number of oxime groups is 1. The average molecular weight is 554 g/mol. The summed E-state index contributed by atoms with van der Waals surface area (Å²) in [5.74, 6) is -1.23. The van der Waals surface area contributed by atoms with Gasteiger partial charge in [-0.3, -0.25) is 30.0 Å². The SMILES string of the molecule is COc1c(Nc2cc(NC(=O)C3CC3)ncc2C(=O)NC(O)(O)O)cccc1C(=N)ON=C1N(C(C)=O)C12CC2. The van der Waals surface area contributed by atoms with Crippen molar-refractivity contribution < 1.29 is 39.3 Å². The number of carbonyl (C=O) groups is 3. The van der Waals surface area contributed by atoms with Crippen molar-refractivity contribution in [3.8, 4) is 5.75 Å². The van der Waals surface area contributed by atoms with Crippen LogP contribution in [0.3, 0.4) is 0 Å². The standard InChI is InChI=1S/C25H27N7O8/c1-12(33)32-23(24(32)8-9-24)31-40-20(26)14-4-3-5-16(19(14)39-2)28-17-10-18(29-21(34)13-6-7-13)27-11-15(17)22(35)30-25(36,37)38/h3-5,10-11,13,26,36-38H,6-9H2,1-2H3,(H,30,35)(H2,27,28,29,34). The Balaban J connectivity index is 1.42. The van der Waals surface area contributed by atoms with Crippen LogP contribution in [0.5, 0.6) is 5.75 Å². The summed E-state index contributed by atoms with van der Waals surface area (Å²) >= 11 is 0. The van der Waals surface area contributed by atoms with Crippen molar-refractivity contribution in [2.75, 3.05) is 17.7 Å². The van der Waals surface area contributed by atoms with Crippen LogP contribution in [0, 0.1) is 11.3 Å². The average Bonchev–Trinajstić information content (AvgIpc) is 3.77. The number of nitrogens with zero attached hydrogens (tertiary/aromatic N) is 3. The maximum Gasteiger partial charge on any atom is 0.369 e. The highest BCUT2D eigenvalue weighted by Crippen LogP contribution is 2.56. The molecule has 0 bridgehead atoms. The first-order valence-corrected chi connectivity index (χ1v) is 12.3. The van der Waals surface area contributed by atoms with E-state index in [-0.39, 0.29) is 63.2 Å². The molecule has 2 aliphatic carbocycles. The second-order valence-electron chi connectivity index (χ2n) is 9.70. The zero-order chi connectivity index (χ0) is 28.8. The Labute approximate surface area is 227 Å². The van der Waals surface area contributed by atoms with E-state index in [9.17, 15) is 29.7 Å². The Bertz CT molecular complexity index is 1440. The van der Waals surface area contributed by atoms with Crippen LogP contribution in [0.1, 0.15) is 48.5 Å². The molecular weight excluding hydrogens is 526 g/mol. The smallest absolute Gasteiger partial charge is 0.369 e. The molecule has 1 aliphatic heterocycles. The number of aromatic nitrogens is 1. The molecule has 7 N–H and O–H groups in total. The van der Waals surface area contributed by atoms with E-state index in [0.29, 0.717) is 5.84 Å². The topological polar surface area (TPSA) is 219 Å². The predicted molar refractivity (Wildman–Crippen MR) is 139 cm³/mol. The fraction of sp³-hybridized carbons (Fsp3) is 0.360. The Morgan fingerprint density at radius 3 is 2.48 bits per heavy atom. The quantitative estimate of drug-likeness (QED) is 0.0751. The molecule has 3 aliphatic rings. The van der Waals surface area contributed by atoms with Crippen molar-refractivity contribution in [3.63, 3.8) is 0 Å². The molecule has 1 aromatic carbocycles. The van der Waals surface area contributed by atoms with E-state index in [1.807, 2.05) is 0 Å². The van der Waals surface area contributed by atoms with Crippen LogP contribution >= 0.6 is 0 Å². The number of amides is 3. The number of hydrogen-bond donors (Lipinski definition) is 7. The summed E-state index contributed by atoms with van der Waals surface area (Å²) in [5.41, 5.74) is -0.0842. The minimum atomic E-state index is -3.49. The summed E-state index contributed by atoms with van der Waals surface area (Å²) in [6.07, 6.45) is 0.700. The lowest BCUT2D eigenvalue weighted by molar-refractivity contribution is -0.323. The Hall–Kier alpha value is -4.60. The molecule has 2 heterocycles. The van der Waals surface area contributed by atoms with E-state index >= 15 is 0 Å². The fourth-order valence-electron chi connectivity index (χ4n) is 4.36. The number of anilines is 3. The maximum atomic E-state index is 12.7. The molecule has 0 atom stereocenters. The maximum absolute atomic E-state index is 12.7. The molecule has 0 radical (unpaired) electrons. The molecular formula is C25H27N7O8. The monoisotopic (exact) mass is 553 g/mol. The normalized spacial score (nSPS) is 17.7. The lowest BCUT2D eigenvalue weighted by Crippen LogP contribution is -2.48. The van der Waals surface area contributed by atoms with Gasteiger partial charge in [0.05, 0.1) is 29.6 Å². The molecule has 1 saturated heterocycles. The van der Waals surface area contributed by atoms with Gasteiger partial charge in [0.1, 0.15) is 11.4 Å². The van der Waals surface area contributed by atoms with Crippen molar-refractivity contribution in [1.82, 2.24) is 15.2 Å². The van der Waals surface area contributed by atoms with Crippen LogP contribution in [0.4, 0.5) is 17.2 Å². The molecule has 15 nitrogen and oxygen atoms in total. The highest BCUT2D eigenvalue weighted by molar-refractivity contribution is 6.20. The van der Waals surface area contributed by atoms with Crippen molar-refractivity contribution in [2.45, 2.75) is 44.2 Å². The van der Waals surface area contributed by atoms with Gasteiger partial charge in [0.15, 0.2) is 11.6 Å². The molecule has 3 fully saturated rings. The third-order valence-electron chi connectivity index (χ3n) is 6.63. The van der Waals surface area contributed by atoms with E-state index in [1.165, 1.54) is 25.0 Å². The minimum absolute atomic E-state index is 0.0525. The van der Waals surface area contributed by atoms with Gasteiger partial charge in [0, 0.05) is 25.1 Å². The molecule has 40 heavy (non-hydrogen) atoms. The Morgan fingerprint density at radius 1 is 1.18 bits per heavy atom. The molecule has 0 unspecified atom stereocenters. The number of methoxy groups -OCH3 is 1. The van der Waals surface area contributed by atoms with E-state index in [4.69, 9.17) is 15.0 Å². The van der Waals surface area contributed by atoms with Gasteiger partial charge in [-0.25, -0.2) is 4.98 Å². The number of pyridine rings is 1. The molecule has 3 amide bonds. The molecule has 1 spiro atoms. The molecule has 2 aromatic rings. The first-order chi connectivity index (χ1) is 18.9. The van der Waals surface area contributed by atoms with Gasteiger partial charge in [-0.1, -0.05) is 11.2 Å². The van der Waals surface area contributed by atoms with Crippen LogP contribution in [-0.4, -0.2) is 73.4 Å². The summed E-state index contributed by atoms with van der Waals surface area (Å²) in [5, 5.41) is 47.3. The summed E-state index contributed by atoms with van der Waals surface area (Å²) in [6.45, 7) is 1.43. The molecule has 15 heteroatoms. The Morgan fingerprint density at radius 2 is 1.90 bits per heavy atom. The lowest BCUT2D eigenvalue weighted by Gasteiger charge is -2.19. The fourth-order valence-corrected chi connectivity index (χ4v) is 4.36. The van der Waals surface area contributed by atoms with Gasteiger partial charge in [-0.2, -0.15) is 0 Å². The number of carbonyl (C=O) groups excluding carboxylic acids is 3. The third-order valence-corrected chi connectivity index (χ3v) is 6.63. The van der Waals surface area contributed by atoms with Gasteiger partial charge in [-0.05, 0) is 37.8 Å². The molecule has 5 rings (SSSR count). The van der Waals surface area contributed by atoms with Crippen LogP contribution < -0.4 is 20.7 Å².